The van der Waals surface area contributed by atoms with E-state index in [1.165, 1.54) is 0 Å². The van der Waals surface area contributed by atoms with Crippen LogP contribution >= 0.6 is 0 Å². The van der Waals surface area contributed by atoms with E-state index in [4.69, 9.17) is 4.74 Å². The van der Waals surface area contributed by atoms with Crippen LogP contribution in [-0.2, 0) is 16.4 Å². The second-order valence-corrected chi connectivity index (χ2v) is 7.54. The molecular formula is C18H21NO3S. The number of sulfonamides is 1. The summed E-state index contributed by atoms with van der Waals surface area (Å²) in [5, 5.41) is 0. The van der Waals surface area contributed by atoms with Gasteiger partial charge in [-0.15, -0.1) is 0 Å². The van der Waals surface area contributed by atoms with E-state index in [1.807, 2.05) is 38.1 Å². The lowest BCUT2D eigenvalue weighted by Gasteiger charge is -2.36. The molecule has 122 valence electrons. The smallest absolute Gasteiger partial charge is 0.264 e. The van der Waals surface area contributed by atoms with Crippen molar-refractivity contribution in [2.24, 2.45) is 0 Å². The Hall–Kier alpha value is -2.01. The molecule has 23 heavy (non-hydrogen) atoms. The summed E-state index contributed by atoms with van der Waals surface area (Å²) in [5.74, 6) is 0.679. The summed E-state index contributed by atoms with van der Waals surface area (Å²) in [6.45, 7) is 4.42. The molecule has 3 rings (SSSR count). The van der Waals surface area contributed by atoms with Gasteiger partial charge >= 0.3 is 0 Å². The van der Waals surface area contributed by atoms with Crippen LogP contribution in [0, 0.1) is 0 Å². The van der Waals surface area contributed by atoms with Gasteiger partial charge in [-0.1, -0.05) is 18.2 Å². The first kappa shape index (κ1) is 15.9. The average molecular weight is 331 g/mol. The van der Waals surface area contributed by atoms with Gasteiger partial charge in [0, 0.05) is 6.04 Å². The molecule has 0 spiro atoms. The average Bonchev–Trinajstić information content (AvgIpc) is 2.55. The molecule has 0 radical (unpaired) electrons. The second kappa shape index (κ2) is 6.24. The minimum Gasteiger partial charge on any atom is -0.494 e. The molecule has 0 saturated carbocycles. The van der Waals surface area contributed by atoms with Crippen LogP contribution in [-0.4, -0.2) is 21.1 Å². The van der Waals surface area contributed by atoms with Gasteiger partial charge in [-0.25, -0.2) is 8.42 Å². The number of benzene rings is 2. The van der Waals surface area contributed by atoms with Crippen molar-refractivity contribution < 1.29 is 13.2 Å². The van der Waals surface area contributed by atoms with Crippen LogP contribution in [0.25, 0.3) is 0 Å². The van der Waals surface area contributed by atoms with Crippen molar-refractivity contribution in [3.8, 4) is 5.75 Å². The number of nitrogens with zero attached hydrogens (tertiary/aromatic N) is 1. The first-order chi connectivity index (χ1) is 11.0. The first-order valence-electron chi connectivity index (χ1n) is 7.89. The van der Waals surface area contributed by atoms with E-state index in [0.717, 1.165) is 24.1 Å². The van der Waals surface area contributed by atoms with E-state index in [0.29, 0.717) is 17.3 Å². The Kier molecular flexibility index (Phi) is 4.31. The van der Waals surface area contributed by atoms with Crippen molar-refractivity contribution in [3.63, 3.8) is 0 Å². The minimum atomic E-state index is -3.58. The lowest BCUT2D eigenvalue weighted by atomic mass is 9.99. The Morgan fingerprint density at radius 3 is 2.52 bits per heavy atom. The third kappa shape index (κ3) is 2.93. The number of aryl methyl sites for hydroxylation is 1. The van der Waals surface area contributed by atoms with Crippen molar-refractivity contribution in [2.75, 3.05) is 10.9 Å². The molecule has 1 aliphatic rings. The van der Waals surface area contributed by atoms with Crippen molar-refractivity contribution >= 4 is 15.7 Å². The number of ether oxygens (including phenoxy) is 1. The minimum absolute atomic E-state index is 0.0542. The maximum atomic E-state index is 13.1. The largest absolute Gasteiger partial charge is 0.494 e. The molecule has 0 bridgehead atoms. The predicted molar refractivity (Wildman–Crippen MR) is 91.5 cm³/mol. The highest BCUT2D eigenvalue weighted by molar-refractivity contribution is 7.92. The highest BCUT2D eigenvalue weighted by Gasteiger charge is 2.33. The number of rotatable bonds is 4. The van der Waals surface area contributed by atoms with Gasteiger partial charge in [-0.2, -0.15) is 0 Å². The van der Waals surface area contributed by atoms with Gasteiger partial charge in [-0.3, -0.25) is 4.31 Å². The third-order valence-corrected chi connectivity index (χ3v) is 6.09. The van der Waals surface area contributed by atoms with E-state index in [2.05, 4.69) is 0 Å². The molecular weight excluding hydrogens is 310 g/mol. The quantitative estimate of drug-likeness (QED) is 0.860. The monoisotopic (exact) mass is 331 g/mol. The first-order valence-corrected chi connectivity index (χ1v) is 9.33. The number of anilines is 1. The summed E-state index contributed by atoms with van der Waals surface area (Å²) in [7, 11) is -3.58. The normalized spacial score (nSPS) is 17.7. The van der Waals surface area contributed by atoms with Gasteiger partial charge in [0.25, 0.3) is 10.0 Å². The number of hydrogen-bond acceptors (Lipinski definition) is 3. The summed E-state index contributed by atoms with van der Waals surface area (Å²) in [6, 6.07) is 14.3. The van der Waals surface area contributed by atoms with Crippen LogP contribution in [0.15, 0.2) is 53.4 Å². The third-order valence-electron chi connectivity index (χ3n) is 4.15. The molecule has 4 nitrogen and oxygen atoms in total. The van der Waals surface area contributed by atoms with Crippen LogP contribution in [0.5, 0.6) is 5.75 Å². The second-order valence-electron chi connectivity index (χ2n) is 5.72. The Balaban J connectivity index is 2.02. The molecule has 0 aliphatic carbocycles. The topological polar surface area (TPSA) is 46.6 Å². The van der Waals surface area contributed by atoms with E-state index in [-0.39, 0.29) is 6.04 Å². The van der Waals surface area contributed by atoms with Gasteiger partial charge in [0.05, 0.1) is 17.2 Å². The summed E-state index contributed by atoms with van der Waals surface area (Å²) in [6.07, 6.45) is 1.74. The fourth-order valence-corrected chi connectivity index (χ4v) is 4.73. The van der Waals surface area contributed by atoms with Crippen molar-refractivity contribution in [2.45, 2.75) is 37.6 Å². The number of para-hydroxylation sites is 1. The molecule has 2 aromatic carbocycles. The molecule has 0 N–H and O–H groups in total. The Labute approximate surface area is 137 Å². The maximum absolute atomic E-state index is 13.1. The van der Waals surface area contributed by atoms with Crippen LogP contribution in [0.2, 0.25) is 0 Å². The van der Waals surface area contributed by atoms with Gasteiger partial charge in [0.15, 0.2) is 0 Å². The number of fused-ring (bicyclic) bond motifs is 1. The summed E-state index contributed by atoms with van der Waals surface area (Å²) < 4.78 is 33.2. The SMILES string of the molecule is CCOc1ccc(S(=O)(=O)N2c3ccccc3CC[C@H]2C)cc1. The van der Waals surface area contributed by atoms with Crippen molar-refractivity contribution in [1.82, 2.24) is 0 Å². The van der Waals surface area contributed by atoms with E-state index in [9.17, 15) is 8.42 Å². The van der Waals surface area contributed by atoms with Gasteiger partial charge in [0.1, 0.15) is 5.75 Å². The fourth-order valence-electron chi connectivity index (χ4n) is 3.01. The zero-order valence-electron chi connectivity index (χ0n) is 13.4. The van der Waals surface area contributed by atoms with Crippen LogP contribution in [0.1, 0.15) is 25.8 Å². The van der Waals surface area contributed by atoms with E-state index >= 15 is 0 Å². The lowest BCUT2D eigenvalue weighted by molar-refractivity contribution is 0.340. The Morgan fingerprint density at radius 1 is 1.13 bits per heavy atom. The van der Waals surface area contributed by atoms with E-state index < -0.39 is 10.0 Å². The highest BCUT2D eigenvalue weighted by Crippen LogP contribution is 2.35. The van der Waals surface area contributed by atoms with Gasteiger partial charge in [0.2, 0.25) is 0 Å². The Bertz CT molecular complexity index is 784. The predicted octanol–water partition coefficient (Wildman–Crippen LogP) is 3.62. The standard InChI is InChI=1S/C18H21NO3S/c1-3-22-16-10-12-17(13-11-16)23(20,21)19-14(2)8-9-15-6-4-5-7-18(15)19/h4-7,10-14H,3,8-9H2,1-2H3/t14-/m1/s1. The molecule has 0 amide bonds. The van der Waals surface area contributed by atoms with Crippen LogP contribution in [0.4, 0.5) is 5.69 Å². The molecule has 2 aromatic rings. The molecule has 0 aromatic heterocycles. The maximum Gasteiger partial charge on any atom is 0.264 e. The molecule has 5 heteroatoms. The fraction of sp³-hybridized carbons (Fsp3) is 0.333. The molecule has 0 saturated heterocycles. The highest BCUT2D eigenvalue weighted by atomic mass is 32.2. The van der Waals surface area contributed by atoms with Gasteiger partial charge < -0.3 is 4.74 Å². The zero-order chi connectivity index (χ0) is 16.4. The lowest BCUT2D eigenvalue weighted by Crippen LogP contribution is -2.42. The Morgan fingerprint density at radius 2 is 1.83 bits per heavy atom. The summed E-state index contributed by atoms with van der Waals surface area (Å²) in [5.41, 5.74) is 1.88. The van der Waals surface area contributed by atoms with Gasteiger partial charge in [-0.05, 0) is 62.6 Å². The molecule has 1 heterocycles. The molecule has 1 atom stereocenters. The molecule has 0 fully saturated rings. The van der Waals surface area contributed by atoms with Crippen LogP contribution < -0.4 is 9.04 Å². The van der Waals surface area contributed by atoms with Crippen molar-refractivity contribution in [3.05, 3.63) is 54.1 Å². The molecule has 1 aliphatic heterocycles. The van der Waals surface area contributed by atoms with Crippen LogP contribution in [0.3, 0.4) is 0 Å². The summed E-state index contributed by atoms with van der Waals surface area (Å²) in [4.78, 5) is 0.296. The number of hydrogen-bond donors (Lipinski definition) is 0. The zero-order valence-corrected chi connectivity index (χ0v) is 14.2. The van der Waals surface area contributed by atoms with Crippen molar-refractivity contribution in [1.29, 1.82) is 0 Å². The summed E-state index contributed by atoms with van der Waals surface area (Å²) >= 11 is 0. The van der Waals surface area contributed by atoms with E-state index in [1.54, 1.807) is 28.6 Å². The molecule has 0 unspecified atom stereocenters.